The van der Waals surface area contributed by atoms with Gasteiger partial charge in [-0.05, 0) is 19.1 Å². The van der Waals surface area contributed by atoms with Crippen LogP contribution < -0.4 is 10.6 Å². The van der Waals surface area contributed by atoms with Crippen LogP contribution in [-0.4, -0.2) is 28.9 Å². The van der Waals surface area contributed by atoms with Gasteiger partial charge in [-0.3, -0.25) is 4.99 Å². The Balaban J connectivity index is 2.24. The number of nitrogens with zero attached hydrogens (tertiary/aromatic N) is 4. The van der Waals surface area contributed by atoms with Crippen LogP contribution in [0.4, 0.5) is 11.8 Å². The zero-order valence-electron chi connectivity index (χ0n) is 8.44. The highest BCUT2D eigenvalue weighted by Gasteiger charge is 2.25. The van der Waals surface area contributed by atoms with Crippen LogP contribution in [0.2, 0.25) is 0 Å². The minimum Gasteiger partial charge on any atom is -0.368 e. The molecule has 0 aromatic carbocycles. The van der Waals surface area contributed by atoms with Gasteiger partial charge in [0.25, 0.3) is 0 Å². The molecule has 0 radical (unpaired) electrons. The number of nitrogen functional groups attached to an aromatic ring is 1. The lowest BCUT2D eigenvalue weighted by atomic mass is 10.1. The van der Waals surface area contributed by atoms with E-state index in [2.05, 4.69) is 19.9 Å². The van der Waals surface area contributed by atoms with Crippen LogP contribution in [0.5, 0.6) is 0 Å². The molecule has 1 aromatic rings. The minimum absolute atomic E-state index is 0.327. The van der Waals surface area contributed by atoms with Crippen LogP contribution in [0.25, 0.3) is 6.08 Å². The summed E-state index contributed by atoms with van der Waals surface area (Å²) in [6.07, 6.45) is 4.01. The van der Waals surface area contributed by atoms with E-state index in [1.807, 2.05) is 19.1 Å². The lowest BCUT2D eigenvalue weighted by Crippen LogP contribution is -2.30. The van der Waals surface area contributed by atoms with Gasteiger partial charge in [0.05, 0.1) is 12.2 Å². The van der Waals surface area contributed by atoms with Gasteiger partial charge in [-0.2, -0.15) is 4.98 Å². The Morgan fingerprint density at radius 2 is 2.20 bits per heavy atom. The molecule has 2 aliphatic heterocycles. The maximum Gasteiger partial charge on any atom is 0.222 e. The highest BCUT2D eigenvalue weighted by Crippen LogP contribution is 2.28. The molecule has 0 amide bonds. The lowest BCUT2D eigenvalue weighted by molar-refractivity contribution is 0.979. The van der Waals surface area contributed by atoms with E-state index in [0.29, 0.717) is 5.95 Å². The number of amidine groups is 1. The maximum absolute atomic E-state index is 5.65. The maximum atomic E-state index is 5.65. The van der Waals surface area contributed by atoms with Gasteiger partial charge in [0, 0.05) is 12.1 Å². The average molecular weight is 201 g/mol. The number of aliphatic imine (C=N–C) groups is 1. The van der Waals surface area contributed by atoms with Crippen molar-refractivity contribution < 1.29 is 0 Å². The second-order valence-corrected chi connectivity index (χ2v) is 3.63. The molecule has 5 heteroatoms. The molecule has 0 spiro atoms. The third-order valence-corrected chi connectivity index (χ3v) is 2.66. The van der Waals surface area contributed by atoms with Crippen molar-refractivity contribution in [3.8, 4) is 0 Å². The smallest absolute Gasteiger partial charge is 0.222 e. The summed E-state index contributed by atoms with van der Waals surface area (Å²) in [7, 11) is 0. The first-order chi connectivity index (χ1) is 7.25. The van der Waals surface area contributed by atoms with Gasteiger partial charge in [0.1, 0.15) is 11.7 Å². The minimum atomic E-state index is 0.327. The van der Waals surface area contributed by atoms with Crippen LogP contribution in [-0.2, 0) is 0 Å². The molecule has 0 bridgehead atoms. The van der Waals surface area contributed by atoms with Gasteiger partial charge >= 0.3 is 0 Å². The van der Waals surface area contributed by atoms with E-state index >= 15 is 0 Å². The summed E-state index contributed by atoms with van der Waals surface area (Å²) in [6, 6.07) is 0. The summed E-state index contributed by atoms with van der Waals surface area (Å²) >= 11 is 0. The average Bonchev–Trinajstić information content (AvgIpc) is 2.65. The van der Waals surface area contributed by atoms with Crippen molar-refractivity contribution in [1.29, 1.82) is 0 Å². The molecule has 2 N–H and O–H groups in total. The van der Waals surface area contributed by atoms with Gasteiger partial charge in [-0.25, -0.2) is 4.98 Å². The number of aryl methyl sites for hydroxylation is 1. The third kappa shape index (κ3) is 1.12. The number of anilines is 2. The zero-order chi connectivity index (χ0) is 10.4. The first-order valence-corrected chi connectivity index (χ1v) is 4.90. The molecule has 0 fully saturated rings. The fourth-order valence-corrected chi connectivity index (χ4v) is 1.97. The molecule has 0 saturated carbocycles. The van der Waals surface area contributed by atoms with Gasteiger partial charge < -0.3 is 10.6 Å². The van der Waals surface area contributed by atoms with E-state index in [9.17, 15) is 0 Å². The Bertz CT molecular complexity index is 489. The predicted octanol–water partition coefficient (Wildman–Crippen LogP) is 0.613. The van der Waals surface area contributed by atoms with Crippen LogP contribution in [0.15, 0.2) is 11.1 Å². The van der Waals surface area contributed by atoms with Crippen LogP contribution in [0.3, 0.4) is 0 Å². The number of hydrogen-bond acceptors (Lipinski definition) is 5. The van der Waals surface area contributed by atoms with E-state index in [0.717, 1.165) is 36.0 Å². The Hall–Kier alpha value is -1.91. The van der Waals surface area contributed by atoms with Crippen LogP contribution in [0, 0.1) is 6.92 Å². The second kappa shape index (κ2) is 2.79. The standard InChI is InChI=1S/C10H11N5/c1-6-7-2-3-8-12-4-5-15(8)9(7)14-10(11)13-6/h2-3H,4-5H2,1H3,(H2,11,13,14). The molecule has 2 aliphatic rings. The van der Waals surface area contributed by atoms with Gasteiger partial charge in [-0.15, -0.1) is 0 Å². The summed E-state index contributed by atoms with van der Waals surface area (Å²) in [5.41, 5.74) is 7.62. The van der Waals surface area contributed by atoms with Crippen molar-refractivity contribution in [2.45, 2.75) is 6.92 Å². The molecule has 3 heterocycles. The highest BCUT2D eigenvalue weighted by molar-refractivity contribution is 6.12. The van der Waals surface area contributed by atoms with E-state index in [1.54, 1.807) is 0 Å². The third-order valence-electron chi connectivity index (χ3n) is 2.66. The molecule has 0 unspecified atom stereocenters. The number of aromatic nitrogens is 2. The first-order valence-electron chi connectivity index (χ1n) is 4.90. The predicted molar refractivity (Wildman–Crippen MR) is 59.9 cm³/mol. The molecule has 5 nitrogen and oxygen atoms in total. The molecule has 0 saturated heterocycles. The van der Waals surface area contributed by atoms with Crippen molar-refractivity contribution in [3.05, 3.63) is 17.3 Å². The Morgan fingerprint density at radius 1 is 1.33 bits per heavy atom. The van der Waals surface area contributed by atoms with Crippen LogP contribution in [0.1, 0.15) is 11.3 Å². The number of rotatable bonds is 0. The van der Waals surface area contributed by atoms with Gasteiger partial charge in [0.15, 0.2) is 0 Å². The molecule has 3 rings (SSSR count). The van der Waals surface area contributed by atoms with E-state index in [1.165, 1.54) is 0 Å². The summed E-state index contributed by atoms with van der Waals surface area (Å²) in [6.45, 7) is 3.64. The number of nitrogens with two attached hydrogens (primary N) is 1. The Kier molecular flexibility index (Phi) is 1.56. The number of fused-ring (bicyclic) bond motifs is 3. The van der Waals surface area contributed by atoms with Crippen molar-refractivity contribution in [3.63, 3.8) is 0 Å². The Morgan fingerprint density at radius 3 is 3.07 bits per heavy atom. The van der Waals surface area contributed by atoms with Crippen molar-refractivity contribution in [2.24, 2.45) is 4.99 Å². The molecule has 0 atom stereocenters. The van der Waals surface area contributed by atoms with Crippen molar-refractivity contribution in [1.82, 2.24) is 9.97 Å². The van der Waals surface area contributed by atoms with Crippen molar-refractivity contribution in [2.75, 3.05) is 23.7 Å². The second-order valence-electron chi connectivity index (χ2n) is 3.63. The van der Waals surface area contributed by atoms with Gasteiger partial charge in [-0.1, -0.05) is 0 Å². The topological polar surface area (TPSA) is 67.4 Å². The summed E-state index contributed by atoms with van der Waals surface area (Å²) in [5.74, 6) is 2.19. The monoisotopic (exact) mass is 201 g/mol. The van der Waals surface area contributed by atoms with E-state index in [-0.39, 0.29) is 0 Å². The normalized spacial score (nSPS) is 17.4. The molecule has 0 aliphatic carbocycles. The fourth-order valence-electron chi connectivity index (χ4n) is 1.97. The lowest BCUT2D eigenvalue weighted by Gasteiger charge is -2.23. The SMILES string of the molecule is Cc1nc(N)nc2c1C=CC1=NCCN12. The molecular formula is C10H11N5. The molecule has 15 heavy (non-hydrogen) atoms. The largest absolute Gasteiger partial charge is 0.368 e. The summed E-state index contributed by atoms with van der Waals surface area (Å²) < 4.78 is 0. The number of hydrogen-bond donors (Lipinski definition) is 1. The summed E-state index contributed by atoms with van der Waals surface area (Å²) in [5, 5.41) is 0. The van der Waals surface area contributed by atoms with E-state index in [4.69, 9.17) is 5.73 Å². The van der Waals surface area contributed by atoms with Gasteiger partial charge in [0.2, 0.25) is 5.95 Å². The highest BCUT2D eigenvalue weighted by atomic mass is 15.3. The van der Waals surface area contributed by atoms with Crippen LogP contribution >= 0.6 is 0 Å². The summed E-state index contributed by atoms with van der Waals surface area (Å²) in [4.78, 5) is 14.9. The van der Waals surface area contributed by atoms with E-state index < -0.39 is 0 Å². The quantitative estimate of drug-likeness (QED) is 0.668. The van der Waals surface area contributed by atoms with Crippen molar-refractivity contribution >= 4 is 23.7 Å². The fraction of sp³-hybridized carbons (Fsp3) is 0.300. The molecule has 76 valence electrons. The molecule has 1 aromatic heterocycles. The molecular weight excluding hydrogens is 190 g/mol. The first kappa shape index (κ1) is 8.40. The zero-order valence-corrected chi connectivity index (χ0v) is 8.44. The Labute approximate surface area is 87.4 Å².